The lowest BCUT2D eigenvalue weighted by Crippen LogP contribution is -2.36. The number of hydrogen-bond donors (Lipinski definition) is 2. The topological polar surface area (TPSA) is 54.2 Å². The summed E-state index contributed by atoms with van der Waals surface area (Å²) in [6.07, 6.45) is 5.61. The van der Waals surface area contributed by atoms with Crippen molar-refractivity contribution in [2.45, 2.75) is 19.6 Å². The third kappa shape index (κ3) is 6.18. The number of imidazole rings is 1. The van der Waals surface area contributed by atoms with Crippen molar-refractivity contribution in [1.82, 2.24) is 20.2 Å². The van der Waals surface area contributed by atoms with E-state index in [1.54, 1.807) is 13.2 Å². The van der Waals surface area contributed by atoms with Crippen molar-refractivity contribution in [3.8, 4) is 0 Å². The summed E-state index contributed by atoms with van der Waals surface area (Å²) >= 11 is 0. The molecular weight excluding hydrogens is 437 g/mol. The average Bonchev–Trinajstić information content (AvgIpc) is 3.16. The predicted molar refractivity (Wildman–Crippen MR) is 117 cm³/mol. The van der Waals surface area contributed by atoms with Crippen LogP contribution in [0.4, 0.5) is 0 Å². The first-order valence-corrected chi connectivity index (χ1v) is 8.35. The molecule has 5 nitrogen and oxygen atoms in total. The van der Waals surface area contributed by atoms with E-state index in [2.05, 4.69) is 61.6 Å². The average molecular weight is 461 g/mol. The molecule has 0 fully saturated rings. The van der Waals surface area contributed by atoms with Gasteiger partial charge in [-0.1, -0.05) is 54.6 Å². The second kappa shape index (κ2) is 10.6. The van der Waals surface area contributed by atoms with Gasteiger partial charge in [-0.05, 0) is 16.7 Å². The molecule has 3 aromatic rings. The highest BCUT2D eigenvalue weighted by Gasteiger charge is 2.01. The molecule has 0 amide bonds. The fourth-order valence-electron chi connectivity index (χ4n) is 2.62. The SMILES string of the molecule is CN=C(NCc1ccccc1)NCc1cccc(Cn2ccnc2)c1.I. The molecule has 0 saturated carbocycles. The number of nitrogens with zero attached hydrogens (tertiary/aromatic N) is 3. The summed E-state index contributed by atoms with van der Waals surface area (Å²) in [5, 5.41) is 6.70. The van der Waals surface area contributed by atoms with Gasteiger partial charge in [0.1, 0.15) is 0 Å². The molecule has 0 spiro atoms. The maximum absolute atomic E-state index is 4.28. The number of aliphatic imine (C=N–C) groups is 1. The van der Waals surface area contributed by atoms with Gasteiger partial charge in [0.2, 0.25) is 0 Å². The minimum atomic E-state index is 0. The van der Waals surface area contributed by atoms with Crippen LogP contribution in [-0.2, 0) is 19.6 Å². The maximum atomic E-state index is 4.28. The second-order valence-electron chi connectivity index (χ2n) is 5.82. The molecule has 0 unspecified atom stereocenters. The first-order valence-electron chi connectivity index (χ1n) is 8.35. The van der Waals surface area contributed by atoms with Crippen molar-refractivity contribution in [2.75, 3.05) is 7.05 Å². The Hall–Kier alpha value is -2.35. The monoisotopic (exact) mass is 461 g/mol. The fraction of sp³-hybridized carbons (Fsp3) is 0.200. The molecule has 0 aliphatic rings. The Morgan fingerprint density at radius 1 is 0.962 bits per heavy atom. The molecule has 1 heterocycles. The zero-order valence-corrected chi connectivity index (χ0v) is 17.1. The normalized spacial score (nSPS) is 10.9. The van der Waals surface area contributed by atoms with E-state index in [0.717, 1.165) is 25.6 Å². The van der Waals surface area contributed by atoms with Gasteiger partial charge in [-0.2, -0.15) is 0 Å². The Bertz CT molecular complexity index is 800. The minimum Gasteiger partial charge on any atom is -0.352 e. The highest BCUT2D eigenvalue weighted by atomic mass is 127. The summed E-state index contributed by atoms with van der Waals surface area (Å²) in [7, 11) is 1.79. The van der Waals surface area contributed by atoms with Crippen molar-refractivity contribution in [2.24, 2.45) is 4.99 Å². The first-order chi connectivity index (χ1) is 12.3. The molecule has 3 rings (SSSR count). The molecule has 0 atom stereocenters. The number of guanidine groups is 1. The lowest BCUT2D eigenvalue weighted by molar-refractivity contribution is 0.787. The predicted octanol–water partition coefficient (Wildman–Crippen LogP) is 3.41. The van der Waals surface area contributed by atoms with Crippen LogP contribution in [0.2, 0.25) is 0 Å². The van der Waals surface area contributed by atoms with Gasteiger partial charge in [-0.3, -0.25) is 4.99 Å². The van der Waals surface area contributed by atoms with Crippen LogP contribution in [0.15, 0.2) is 78.3 Å². The molecule has 26 heavy (non-hydrogen) atoms. The van der Waals surface area contributed by atoms with Crippen LogP contribution in [-0.4, -0.2) is 22.6 Å². The van der Waals surface area contributed by atoms with Crippen molar-refractivity contribution in [1.29, 1.82) is 0 Å². The van der Waals surface area contributed by atoms with Crippen LogP contribution in [0.5, 0.6) is 0 Å². The second-order valence-corrected chi connectivity index (χ2v) is 5.82. The van der Waals surface area contributed by atoms with Crippen molar-refractivity contribution in [3.63, 3.8) is 0 Å². The van der Waals surface area contributed by atoms with Crippen LogP contribution in [0.1, 0.15) is 16.7 Å². The van der Waals surface area contributed by atoms with Crippen LogP contribution in [0, 0.1) is 0 Å². The Morgan fingerprint density at radius 3 is 2.35 bits per heavy atom. The zero-order valence-electron chi connectivity index (χ0n) is 14.8. The van der Waals surface area contributed by atoms with Gasteiger partial charge in [0.05, 0.1) is 6.33 Å². The van der Waals surface area contributed by atoms with Gasteiger partial charge in [0.25, 0.3) is 0 Å². The van der Waals surface area contributed by atoms with Crippen molar-refractivity contribution in [3.05, 3.63) is 90.0 Å². The molecule has 2 N–H and O–H groups in total. The Balaban J connectivity index is 0.00000243. The lowest BCUT2D eigenvalue weighted by atomic mass is 10.1. The molecule has 2 aromatic carbocycles. The Labute approximate surface area is 171 Å². The zero-order chi connectivity index (χ0) is 17.3. The van der Waals surface area contributed by atoms with Gasteiger partial charge >= 0.3 is 0 Å². The van der Waals surface area contributed by atoms with E-state index in [4.69, 9.17) is 0 Å². The van der Waals surface area contributed by atoms with Gasteiger partial charge in [-0.25, -0.2) is 4.98 Å². The van der Waals surface area contributed by atoms with Crippen LogP contribution in [0.25, 0.3) is 0 Å². The van der Waals surface area contributed by atoms with E-state index in [-0.39, 0.29) is 24.0 Å². The number of aromatic nitrogens is 2. The third-order valence-electron chi connectivity index (χ3n) is 3.90. The summed E-state index contributed by atoms with van der Waals surface area (Å²) < 4.78 is 2.06. The first kappa shape index (κ1) is 20.0. The Morgan fingerprint density at radius 2 is 1.65 bits per heavy atom. The summed E-state index contributed by atoms with van der Waals surface area (Å²) in [6.45, 7) is 2.31. The summed E-state index contributed by atoms with van der Waals surface area (Å²) in [5.41, 5.74) is 3.71. The van der Waals surface area contributed by atoms with E-state index < -0.39 is 0 Å². The molecular formula is C20H24IN5. The summed E-state index contributed by atoms with van der Waals surface area (Å²) in [5.74, 6) is 0.795. The summed E-state index contributed by atoms with van der Waals surface area (Å²) in [4.78, 5) is 8.37. The Kier molecular flexibility index (Phi) is 8.14. The lowest BCUT2D eigenvalue weighted by Gasteiger charge is -2.13. The van der Waals surface area contributed by atoms with Crippen LogP contribution >= 0.6 is 24.0 Å². The molecule has 0 radical (unpaired) electrons. The standard InChI is InChI=1S/C20H23N5.HI/c1-21-20(23-13-17-6-3-2-4-7-17)24-14-18-8-5-9-19(12-18)15-25-11-10-22-16-25;/h2-12,16H,13-15H2,1H3,(H2,21,23,24);1H. The number of halogens is 1. The molecule has 136 valence electrons. The number of hydrogen-bond acceptors (Lipinski definition) is 2. The van der Waals surface area contributed by atoms with E-state index in [9.17, 15) is 0 Å². The van der Waals surface area contributed by atoms with Crippen molar-refractivity contribution >= 4 is 29.9 Å². The van der Waals surface area contributed by atoms with Gasteiger partial charge in [0, 0.05) is 39.1 Å². The largest absolute Gasteiger partial charge is 0.352 e. The number of rotatable bonds is 6. The minimum absolute atomic E-state index is 0. The maximum Gasteiger partial charge on any atom is 0.191 e. The third-order valence-corrected chi connectivity index (χ3v) is 3.90. The van der Waals surface area contributed by atoms with Gasteiger partial charge in [-0.15, -0.1) is 24.0 Å². The highest BCUT2D eigenvalue weighted by molar-refractivity contribution is 14.0. The molecule has 0 aliphatic carbocycles. The van der Waals surface area contributed by atoms with E-state index in [1.807, 2.05) is 30.7 Å². The number of benzene rings is 2. The fourth-order valence-corrected chi connectivity index (χ4v) is 2.62. The van der Waals surface area contributed by atoms with Gasteiger partial charge < -0.3 is 15.2 Å². The van der Waals surface area contributed by atoms with Crippen molar-refractivity contribution < 1.29 is 0 Å². The van der Waals surface area contributed by atoms with Crippen LogP contribution in [0.3, 0.4) is 0 Å². The van der Waals surface area contributed by atoms with E-state index in [0.29, 0.717) is 0 Å². The molecule has 6 heteroatoms. The smallest absolute Gasteiger partial charge is 0.191 e. The number of nitrogens with one attached hydrogen (secondary N) is 2. The molecule has 0 bridgehead atoms. The highest BCUT2D eigenvalue weighted by Crippen LogP contribution is 2.07. The van der Waals surface area contributed by atoms with E-state index >= 15 is 0 Å². The van der Waals surface area contributed by atoms with Gasteiger partial charge in [0.15, 0.2) is 5.96 Å². The molecule has 0 saturated heterocycles. The van der Waals surface area contributed by atoms with E-state index in [1.165, 1.54) is 16.7 Å². The quantitative estimate of drug-likeness (QED) is 0.336. The molecule has 1 aromatic heterocycles. The van der Waals surface area contributed by atoms with Crippen LogP contribution < -0.4 is 10.6 Å². The summed E-state index contributed by atoms with van der Waals surface area (Å²) in [6, 6.07) is 18.8. The molecule has 0 aliphatic heterocycles.